The maximum Gasteiger partial charge on any atom is 0.260 e. The van der Waals surface area contributed by atoms with E-state index in [1.54, 1.807) is 26.4 Å². The van der Waals surface area contributed by atoms with Gasteiger partial charge in [0, 0.05) is 37.9 Å². The predicted octanol–water partition coefficient (Wildman–Crippen LogP) is 2.43. The molecule has 2 aromatic rings. The Morgan fingerprint density at radius 1 is 0.885 bits per heavy atom. The Bertz CT molecular complexity index is 725. The highest BCUT2D eigenvalue weighted by Crippen LogP contribution is 2.22. The number of anilines is 1. The lowest BCUT2D eigenvalue weighted by molar-refractivity contribution is -0.133. The minimum Gasteiger partial charge on any atom is -0.497 e. The van der Waals surface area contributed by atoms with Gasteiger partial charge in [0.1, 0.15) is 17.2 Å². The number of nitrogens with zero attached hydrogens (tertiary/aromatic N) is 2. The lowest BCUT2D eigenvalue weighted by Crippen LogP contribution is -2.50. The molecule has 1 saturated heterocycles. The highest BCUT2D eigenvalue weighted by molar-refractivity contribution is 5.78. The van der Waals surface area contributed by atoms with Crippen molar-refractivity contribution >= 4 is 11.6 Å². The average Bonchev–Trinajstić information content (AvgIpc) is 2.72. The fourth-order valence-electron chi connectivity index (χ4n) is 2.93. The summed E-state index contributed by atoms with van der Waals surface area (Å²) >= 11 is 0. The smallest absolute Gasteiger partial charge is 0.260 e. The van der Waals surface area contributed by atoms with Crippen LogP contribution in [0.15, 0.2) is 48.5 Å². The molecule has 0 spiro atoms. The predicted molar refractivity (Wildman–Crippen MR) is 100 cm³/mol. The van der Waals surface area contributed by atoms with Gasteiger partial charge in [-0.3, -0.25) is 4.79 Å². The third-order valence-electron chi connectivity index (χ3n) is 4.47. The third kappa shape index (κ3) is 4.39. The fourth-order valence-corrected chi connectivity index (χ4v) is 2.93. The molecule has 1 aliphatic heterocycles. The first-order valence-electron chi connectivity index (χ1n) is 8.63. The van der Waals surface area contributed by atoms with Crippen LogP contribution in [0.3, 0.4) is 0 Å². The Morgan fingerprint density at radius 3 is 2.19 bits per heavy atom. The largest absolute Gasteiger partial charge is 0.497 e. The van der Waals surface area contributed by atoms with Crippen molar-refractivity contribution in [2.45, 2.75) is 0 Å². The fraction of sp³-hybridized carbons (Fsp3) is 0.350. The van der Waals surface area contributed by atoms with Crippen LogP contribution in [0.25, 0.3) is 0 Å². The van der Waals surface area contributed by atoms with Crippen molar-refractivity contribution in [3.05, 3.63) is 48.5 Å². The topological polar surface area (TPSA) is 51.2 Å². The molecule has 1 amide bonds. The number of methoxy groups -OCH3 is 2. The zero-order chi connectivity index (χ0) is 18.4. The molecule has 1 fully saturated rings. The molecule has 0 radical (unpaired) electrons. The van der Waals surface area contributed by atoms with Gasteiger partial charge in [0.05, 0.1) is 14.2 Å². The molecule has 0 unspecified atom stereocenters. The zero-order valence-corrected chi connectivity index (χ0v) is 15.2. The van der Waals surface area contributed by atoms with Crippen molar-refractivity contribution in [2.24, 2.45) is 0 Å². The average molecular weight is 356 g/mol. The normalized spacial score (nSPS) is 14.1. The minimum atomic E-state index is 0.00566. The van der Waals surface area contributed by atoms with Crippen molar-refractivity contribution in [1.29, 1.82) is 0 Å². The van der Waals surface area contributed by atoms with Gasteiger partial charge >= 0.3 is 0 Å². The molecule has 1 aliphatic rings. The van der Waals surface area contributed by atoms with Gasteiger partial charge in [-0.05, 0) is 36.4 Å². The second-order valence-corrected chi connectivity index (χ2v) is 6.03. The van der Waals surface area contributed by atoms with Crippen LogP contribution in [0.5, 0.6) is 17.2 Å². The molecular formula is C20H24N2O4. The van der Waals surface area contributed by atoms with E-state index in [9.17, 15) is 4.79 Å². The summed E-state index contributed by atoms with van der Waals surface area (Å²) in [4.78, 5) is 16.5. The summed E-state index contributed by atoms with van der Waals surface area (Å²) in [7, 11) is 3.28. The summed E-state index contributed by atoms with van der Waals surface area (Å²) in [5, 5.41) is 0. The van der Waals surface area contributed by atoms with E-state index in [-0.39, 0.29) is 12.5 Å². The maximum atomic E-state index is 12.4. The van der Waals surface area contributed by atoms with Crippen molar-refractivity contribution in [3.63, 3.8) is 0 Å². The number of ether oxygens (including phenoxy) is 3. The lowest BCUT2D eigenvalue weighted by Gasteiger charge is -2.36. The van der Waals surface area contributed by atoms with Crippen LogP contribution in [0.1, 0.15) is 0 Å². The Hall–Kier alpha value is -2.89. The lowest BCUT2D eigenvalue weighted by atomic mass is 10.2. The quantitative estimate of drug-likeness (QED) is 0.796. The number of carbonyl (C=O) groups excluding carboxylic acids is 1. The summed E-state index contributed by atoms with van der Waals surface area (Å²) in [5.74, 6) is 2.27. The summed E-state index contributed by atoms with van der Waals surface area (Å²) in [6.45, 7) is 3.00. The SMILES string of the molecule is COc1ccc(OCC(=O)N2CCN(c3cccc(OC)c3)CC2)cc1. The molecule has 6 heteroatoms. The molecule has 0 saturated carbocycles. The van der Waals surface area contributed by atoms with Crippen LogP contribution in [0.4, 0.5) is 5.69 Å². The molecule has 26 heavy (non-hydrogen) atoms. The molecule has 0 atom stereocenters. The summed E-state index contributed by atoms with van der Waals surface area (Å²) < 4.78 is 16.0. The maximum absolute atomic E-state index is 12.4. The van der Waals surface area contributed by atoms with Gasteiger partial charge in [0.15, 0.2) is 6.61 Å². The van der Waals surface area contributed by atoms with Crippen LogP contribution in [-0.2, 0) is 4.79 Å². The molecule has 0 bridgehead atoms. The monoisotopic (exact) mass is 356 g/mol. The first-order valence-corrected chi connectivity index (χ1v) is 8.63. The van der Waals surface area contributed by atoms with E-state index in [1.807, 2.05) is 35.2 Å². The summed E-state index contributed by atoms with van der Waals surface area (Å²) in [5.41, 5.74) is 1.12. The van der Waals surface area contributed by atoms with Crippen LogP contribution in [0, 0.1) is 0 Å². The van der Waals surface area contributed by atoms with Gasteiger partial charge in [0.2, 0.25) is 0 Å². The van der Waals surface area contributed by atoms with Crippen molar-refractivity contribution < 1.29 is 19.0 Å². The van der Waals surface area contributed by atoms with E-state index in [2.05, 4.69) is 11.0 Å². The Labute approximate surface area is 153 Å². The van der Waals surface area contributed by atoms with E-state index in [1.165, 1.54) is 0 Å². The Kier molecular flexibility index (Phi) is 5.84. The van der Waals surface area contributed by atoms with Crippen LogP contribution in [-0.4, -0.2) is 57.8 Å². The van der Waals surface area contributed by atoms with Gasteiger partial charge in [0.25, 0.3) is 5.91 Å². The molecular weight excluding hydrogens is 332 g/mol. The number of piperazine rings is 1. The first kappa shape index (κ1) is 17.9. The Balaban J connectivity index is 1.48. The zero-order valence-electron chi connectivity index (χ0n) is 15.2. The summed E-state index contributed by atoms with van der Waals surface area (Å²) in [6.07, 6.45) is 0. The first-order chi connectivity index (χ1) is 12.7. The van der Waals surface area contributed by atoms with Crippen molar-refractivity contribution in [1.82, 2.24) is 4.90 Å². The Morgan fingerprint density at radius 2 is 1.54 bits per heavy atom. The van der Waals surface area contributed by atoms with E-state index < -0.39 is 0 Å². The van der Waals surface area contributed by atoms with E-state index >= 15 is 0 Å². The van der Waals surface area contributed by atoms with Gasteiger partial charge in [-0.2, -0.15) is 0 Å². The molecule has 0 aliphatic carbocycles. The van der Waals surface area contributed by atoms with Crippen LogP contribution in [0.2, 0.25) is 0 Å². The molecule has 0 aromatic heterocycles. The van der Waals surface area contributed by atoms with Crippen molar-refractivity contribution in [3.8, 4) is 17.2 Å². The van der Waals surface area contributed by atoms with Gasteiger partial charge in [-0.1, -0.05) is 6.07 Å². The number of benzene rings is 2. The highest BCUT2D eigenvalue weighted by Gasteiger charge is 2.21. The molecule has 0 N–H and O–H groups in total. The number of amides is 1. The second-order valence-electron chi connectivity index (χ2n) is 6.03. The molecule has 3 rings (SSSR count). The van der Waals surface area contributed by atoms with E-state index in [0.29, 0.717) is 18.8 Å². The van der Waals surface area contributed by atoms with Gasteiger partial charge < -0.3 is 24.0 Å². The molecule has 6 nitrogen and oxygen atoms in total. The third-order valence-corrected chi connectivity index (χ3v) is 4.47. The molecule has 1 heterocycles. The second kappa shape index (κ2) is 8.47. The highest BCUT2D eigenvalue weighted by atomic mass is 16.5. The van der Waals surface area contributed by atoms with Crippen LogP contribution >= 0.6 is 0 Å². The van der Waals surface area contributed by atoms with E-state index in [0.717, 1.165) is 30.3 Å². The number of hydrogen-bond donors (Lipinski definition) is 0. The number of carbonyl (C=O) groups is 1. The van der Waals surface area contributed by atoms with Crippen LogP contribution < -0.4 is 19.1 Å². The van der Waals surface area contributed by atoms with Crippen molar-refractivity contribution in [2.75, 3.05) is 51.9 Å². The van der Waals surface area contributed by atoms with Gasteiger partial charge in [-0.15, -0.1) is 0 Å². The standard InChI is InChI=1S/C20H24N2O4/c1-24-17-6-8-18(9-7-17)26-15-20(23)22-12-10-21(11-13-22)16-4-3-5-19(14-16)25-2/h3-9,14H,10-13,15H2,1-2H3. The molecule has 2 aromatic carbocycles. The van der Waals surface area contributed by atoms with Gasteiger partial charge in [-0.25, -0.2) is 0 Å². The van der Waals surface area contributed by atoms with E-state index in [4.69, 9.17) is 14.2 Å². The number of hydrogen-bond acceptors (Lipinski definition) is 5. The number of rotatable bonds is 6. The summed E-state index contributed by atoms with van der Waals surface area (Å²) in [6, 6.07) is 15.2. The minimum absolute atomic E-state index is 0.00566. The molecule has 138 valence electrons.